The minimum absolute atomic E-state index is 0.258. The van der Waals surface area contributed by atoms with Gasteiger partial charge in [0.25, 0.3) is 0 Å². The Bertz CT molecular complexity index is 2190. The Morgan fingerprint density at radius 3 is 1.49 bits per heavy atom. The maximum atomic E-state index is 3.86. The molecule has 0 radical (unpaired) electrons. The van der Waals surface area contributed by atoms with Crippen molar-refractivity contribution in [2.45, 2.75) is 18.8 Å². The van der Waals surface area contributed by atoms with E-state index in [1.165, 1.54) is 77.9 Å². The van der Waals surface area contributed by atoms with Crippen molar-refractivity contribution in [3.8, 4) is 44.5 Å². The summed E-state index contributed by atoms with van der Waals surface area (Å²) in [6.07, 6.45) is 2.86. The van der Waals surface area contributed by atoms with E-state index in [1.807, 2.05) is 12.1 Å². The van der Waals surface area contributed by atoms with E-state index in [2.05, 4.69) is 177 Å². The van der Waals surface area contributed by atoms with Crippen LogP contribution in [0.25, 0.3) is 44.5 Å². The maximum absolute atomic E-state index is 3.86. The second-order valence-electron chi connectivity index (χ2n) is 12.6. The van der Waals surface area contributed by atoms with Crippen LogP contribution in [0.3, 0.4) is 0 Å². The summed E-state index contributed by atoms with van der Waals surface area (Å²) in [6.45, 7) is 5.98. The number of allylic oxidation sites excluding steroid dienone is 1. The summed E-state index contributed by atoms with van der Waals surface area (Å²) in [6, 6.07) is 61.9. The van der Waals surface area contributed by atoms with Gasteiger partial charge in [0.05, 0.1) is 5.41 Å². The molecular formula is C47H36. The lowest BCUT2D eigenvalue weighted by molar-refractivity contribution is 0.794. The molecule has 0 fully saturated rings. The predicted octanol–water partition coefficient (Wildman–Crippen LogP) is 12.1. The third-order valence-electron chi connectivity index (χ3n) is 9.79. The van der Waals surface area contributed by atoms with Crippen molar-refractivity contribution < 1.29 is 0 Å². The molecule has 0 bridgehead atoms. The molecule has 7 aromatic carbocycles. The van der Waals surface area contributed by atoms with Crippen LogP contribution < -0.4 is 0 Å². The first-order chi connectivity index (χ1) is 23.2. The second-order valence-corrected chi connectivity index (χ2v) is 12.6. The Morgan fingerprint density at radius 2 is 0.894 bits per heavy atom. The highest BCUT2D eigenvalue weighted by molar-refractivity contribution is 5.96. The Kier molecular flexibility index (Phi) is 7.27. The average molecular weight is 601 g/mol. The molecule has 0 atom stereocenters. The normalized spacial score (nSPS) is 12.7. The average Bonchev–Trinajstić information content (AvgIpc) is 3.60. The van der Waals surface area contributed by atoms with Gasteiger partial charge in [-0.2, -0.15) is 0 Å². The van der Waals surface area contributed by atoms with Crippen LogP contribution in [0.5, 0.6) is 0 Å². The Balaban J connectivity index is 0.000000209. The van der Waals surface area contributed by atoms with Gasteiger partial charge in [-0.15, -0.1) is 6.58 Å². The zero-order chi connectivity index (χ0) is 31.8. The van der Waals surface area contributed by atoms with Crippen molar-refractivity contribution in [3.05, 3.63) is 216 Å². The monoisotopic (exact) mass is 600 g/mol. The van der Waals surface area contributed by atoms with Gasteiger partial charge < -0.3 is 0 Å². The molecule has 47 heavy (non-hydrogen) atoms. The Hall–Kier alpha value is -5.72. The molecular weight excluding hydrogens is 565 g/mol. The largest absolute Gasteiger partial charge is 0.103 e. The third kappa shape index (κ3) is 4.77. The third-order valence-corrected chi connectivity index (χ3v) is 9.79. The first kappa shape index (κ1) is 28.7. The molecule has 0 nitrogen and oxygen atoms in total. The highest BCUT2D eigenvalue weighted by atomic mass is 14.5. The number of aryl methyl sites for hydroxylation is 1. The Morgan fingerprint density at radius 1 is 0.426 bits per heavy atom. The van der Waals surface area contributed by atoms with Gasteiger partial charge in [-0.25, -0.2) is 0 Å². The molecule has 0 unspecified atom stereocenters. The zero-order valence-corrected chi connectivity index (χ0v) is 26.7. The predicted molar refractivity (Wildman–Crippen MR) is 199 cm³/mol. The van der Waals surface area contributed by atoms with Crippen LogP contribution in [-0.4, -0.2) is 0 Å². The van der Waals surface area contributed by atoms with Crippen LogP contribution in [0, 0.1) is 6.92 Å². The topological polar surface area (TPSA) is 0 Å². The molecule has 2 aliphatic rings. The fraction of sp³-hybridized carbons (Fsp3) is 0.0638. The molecule has 7 aromatic rings. The van der Waals surface area contributed by atoms with E-state index in [1.54, 1.807) is 0 Å². The van der Waals surface area contributed by atoms with Crippen LogP contribution >= 0.6 is 0 Å². The van der Waals surface area contributed by atoms with Crippen LogP contribution in [0.2, 0.25) is 0 Å². The molecule has 1 spiro atoms. The summed E-state index contributed by atoms with van der Waals surface area (Å²) in [5, 5.41) is 0. The smallest absolute Gasteiger partial charge is 0.0725 e. The summed E-state index contributed by atoms with van der Waals surface area (Å²) in [5.41, 5.74) is 18.4. The summed E-state index contributed by atoms with van der Waals surface area (Å²) >= 11 is 0. The highest BCUT2D eigenvalue weighted by Crippen LogP contribution is 2.62. The SMILES string of the molecule is C=CCc1ccc(-c2ccc3c(c2)-c2ccccc2C32c3ccccc3-c3ccccc32)cc1.Cc1cccc(-c2ccccc2)c1. The highest BCUT2D eigenvalue weighted by Gasteiger charge is 2.51. The molecule has 0 aliphatic heterocycles. The standard InChI is InChI=1S/C34H24.C13H12/c1-2-9-23-16-18-24(19-17-23)25-20-21-33-29(22-25)28-12-5-8-15-32(28)34(33)30-13-6-3-10-26(30)27-11-4-7-14-31(27)34;1-11-6-5-9-13(10-11)12-7-3-2-4-8-12/h2-8,10-22H,1,9H2;2-10H,1H3. The van der Waals surface area contributed by atoms with Crippen LogP contribution in [-0.2, 0) is 11.8 Å². The van der Waals surface area contributed by atoms with Gasteiger partial charge in [-0.3, -0.25) is 0 Å². The van der Waals surface area contributed by atoms with E-state index in [0.29, 0.717) is 0 Å². The van der Waals surface area contributed by atoms with E-state index in [-0.39, 0.29) is 5.41 Å². The number of benzene rings is 7. The molecule has 9 rings (SSSR count). The van der Waals surface area contributed by atoms with E-state index < -0.39 is 0 Å². The number of hydrogen-bond acceptors (Lipinski definition) is 0. The van der Waals surface area contributed by atoms with E-state index >= 15 is 0 Å². The summed E-state index contributed by atoms with van der Waals surface area (Å²) in [4.78, 5) is 0. The molecule has 0 N–H and O–H groups in total. The van der Waals surface area contributed by atoms with Crippen LogP contribution in [0.4, 0.5) is 0 Å². The minimum Gasteiger partial charge on any atom is -0.103 e. The molecule has 0 saturated heterocycles. The second kappa shape index (κ2) is 11.9. The first-order valence-electron chi connectivity index (χ1n) is 16.4. The van der Waals surface area contributed by atoms with Crippen molar-refractivity contribution in [2.75, 3.05) is 0 Å². The molecule has 0 amide bonds. The lowest BCUT2D eigenvalue weighted by atomic mass is 9.70. The molecule has 0 saturated carbocycles. The van der Waals surface area contributed by atoms with Gasteiger partial charge in [-0.05, 0) is 91.7 Å². The first-order valence-corrected chi connectivity index (χ1v) is 16.4. The zero-order valence-electron chi connectivity index (χ0n) is 26.7. The fourth-order valence-corrected chi connectivity index (χ4v) is 7.73. The summed E-state index contributed by atoms with van der Waals surface area (Å²) < 4.78 is 0. The van der Waals surface area contributed by atoms with Gasteiger partial charge in [0.2, 0.25) is 0 Å². The van der Waals surface area contributed by atoms with Gasteiger partial charge in [0, 0.05) is 0 Å². The van der Waals surface area contributed by atoms with Crippen molar-refractivity contribution in [2.24, 2.45) is 0 Å². The van der Waals surface area contributed by atoms with Crippen LogP contribution in [0.1, 0.15) is 33.4 Å². The van der Waals surface area contributed by atoms with Crippen molar-refractivity contribution in [3.63, 3.8) is 0 Å². The van der Waals surface area contributed by atoms with E-state index in [9.17, 15) is 0 Å². The van der Waals surface area contributed by atoms with Gasteiger partial charge in [0.15, 0.2) is 0 Å². The number of fused-ring (bicyclic) bond motifs is 10. The number of rotatable bonds is 4. The minimum atomic E-state index is -0.258. The van der Waals surface area contributed by atoms with E-state index in [0.717, 1.165) is 6.42 Å². The molecule has 0 heteroatoms. The Labute approximate surface area is 278 Å². The van der Waals surface area contributed by atoms with E-state index in [4.69, 9.17) is 0 Å². The molecule has 0 aromatic heterocycles. The quantitative estimate of drug-likeness (QED) is 0.176. The van der Waals surface area contributed by atoms with Gasteiger partial charge in [0.1, 0.15) is 0 Å². The molecule has 0 heterocycles. The summed E-state index contributed by atoms with van der Waals surface area (Å²) in [7, 11) is 0. The van der Waals surface area contributed by atoms with Crippen molar-refractivity contribution >= 4 is 0 Å². The lowest BCUT2D eigenvalue weighted by Gasteiger charge is -2.30. The lowest BCUT2D eigenvalue weighted by Crippen LogP contribution is -2.25. The maximum Gasteiger partial charge on any atom is 0.0725 e. The molecule has 224 valence electrons. The fourth-order valence-electron chi connectivity index (χ4n) is 7.73. The number of hydrogen-bond donors (Lipinski definition) is 0. The molecule has 2 aliphatic carbocycles. The van der Waals surface area contributed by atoms with Gasteiger partial charge in [-0.1, -0.05) is 175 Å². The van der Waals surface area contributed by atoms with Crippen molar-refractivity contribution in [1.82, 2.24) is 0 Å². The van der Waals surface area contributed by atoms with Crippen LogP contribution in [0.15, 0.2) is 183 Å². The summed E-state index contributed by atoms with van der Waals surface area (Å²) in [5.74, 6) is 0. The van der Waals surface area contributed by atoms with Gasteiger partial charge >= 0.3 is 0 Å². The van der Waals surface area contributed by atoms with Crippen molar-refractivity contribution in [1.29, 1.82) is 0 Å².